The fourth-order valence-electron chi connectivity index (χ4n) is 2.69. The zero-order valence-corrected chi connectivity index (χ0v) is 13.1. The summed E-state index contributed by atoms with van der Waals surface area (Å²) < 4.78 is 0. The number of aliphatic hydroxyl groups excluding tert-OH is 1. The summed E-state index contributed by atoms with van der Waals surface area (Å²) in [5.41, 5.74) is 6.18. The first-order valence-corrected chi connectivity index (χ1v) is 7.75. The molecule has 7 nitrogen and oxygen atoms in total. The molecule has 0 unspecified atom stereocenters. The number of hydrogen-bond donors (Lipinski definition) is 4. The molecule has 0 radical (unpaired) electrons. The minimum atomic E-state index is 0.0951. The first-order chi connectivity index (χ1) is 11.2. The van der Waals surface area contributed by atoms with E-state index in [0.717, 1.165) is 19.3 Å². The maximum absolute atomic E-state index is 9.26. The normalized spacial score (nSPS) is 20.1. The zero-order valence-electron chi connectivity index (χ0n) is 12.4. The number of halogens is 1. The molecular weight excluding hydrogens is 316 g/mol. The molecule has 1 fully saturated rings. The lowest BCUT2D eigenvalue weighted by Gasteiger charge is -2.15. The Morgan fingerprint density at radius 3 is 2.96 bits per heavy atom. The van der Waals surface area contributed by atoms with Gasteiger partial charge in [-0.2, -0.15) is 9.97 Å². The van der Waals surface area contributed by atoms with Crippen molar-refractivity contribution in [3.05, 3.63) is 28.9 Å². The van der Waals surface area contributed by atoms with Crippen LogP contribution in [0.15, 0.2) is 12.4 Å². The van der Waals surface area contributed by atoms with Crippen LogP contribution in [0.2, 0.25) is 5.15 Å². The highest BCUT2D eigenvalue weighted by Crippen LogP contribution is 2.29. The highest BCUT2D eigenvalue weighted by atomic mass is 35.5. The lowest BCUT2D eigenvalue weighted by molar-refractivity contribution is 0.229. The molecule has 0 amide bonds. The molecule has 2 heterocycles. The third kappa shape index (κ3) is 3.73. The molecule has 3 rings (SSSR count). The summed E-state index contributed by atoms with van der Waals surface area (Å²) in [5.74, 6) is 7.29. The Morgan fingerprint density at radius 2 is 2.26 bits per heavy atom. The number of nitrogen functional groups attached to an aromatic ring is 1. The van der Waals surface area contributed by atoms with E-state index >= 15 is 0 Å². The van der Waals surface area contributed by atoms with Crippen LogP contribution in [0.25, 0.3) is 0 Å². The topological polar surface area (TPSA) is 113 Å². The molecule has 1 saturated carbocycles. The minimum absolute atomic E-state index is 0.0951. The van der Waals surface area contributed by atoms with Gasteiger partial charge in [0.1, 0.15) is 11.4 Å². The largest absolute Gasteiger partial charge is 0.396 e. The van der Waals surface area contributed by atoms with Crippen LogP contribution < -0.4 is 11.1 Å². The molecule has 1 aliphatic carbocycles. The van der Waals surface area contributed by atoms with E-state index < -0.39 is 0 Å². The van der Waals surface area contributed by atoms with Crippen molar-refractivity contribution < 1.29 is 5.11 Å². The molecule has 0 aliphatic heterocycles. The summed E-state index contributed by atoms with van der Waals surface area (Å²) in [6.45, 7) is 0.204. The van der Waals surface area contributed by atoms with Gasteiger partial charge in [0, 0.05) is 25.0 Å². The predicted molar refractivity (Wildman–Crippen MR) is 87.9 cm³/mol. The van der Waals surface area contributed by atoms with E-state index in [1.54, 1.807) is 12.4 Å². The van der Waals surface area contributed by atoms with Gasteiger partial charge < -0.3 is 21.1 Å². The van der Waals surface area contributed by atoms with Crippen molar-refractivity contribution in [2.75, 3.05) is 17.7 Å². The van der Waals surface area contributed by atoms with Crippen molar-refractivity contribution >= 4 is 23.4 Å². The smallest absolute Gasteiger partial charge is 0.223 e. The van der Waals surface area contributed by atoms with Crippen molar-refractivity contribution in [1.82, 2.24) is 19.9 Å². The Hall–Kier alpha value is -2.30. The van der Waals surface area contributed by atoms with Gasteiger partial charge in [0.2, 0.25) is 5.95 Å². The second-order valence-corrected chi connectivity index (χ2v) is 5.84. The van der Waals surface area contributed by atoms with Crippen molar-refractivity contribution in [1.29, 1.82) is 0 Å². The van der Waals surface area contributed by atoms with E-state index in [4.69, 9.17) is 17.3 Å². The van der Waals surface area contributed by atoms with Gasteiger partial charge in [0.05, 0.1) is 0 Å². The van der Waals surface area contributed by atoms with Crippen LogP contribution in [-0.4, -0.2) is 37.7 Å². The number of aromatic amines is 1. The standard InChI is InChI=1S/C15H17ClN6O/c16-13-11(3-4-12-18-5-6-19-12)14(22-15(17)21-13)20-10-2-1-9(7-10)8-23/h5-6,9-10,23H,1-2,7-8H2,(H,18,19)(H3,17,20,21,22)/t9-,10+/m1/s1. The van der Waals surface area contributed by atoms with Crippen LogP contribution >= 0.6 is 11.6 Å². The molecule has 0 aromatic carbocycles. The average Bonchev–Trinajstić information content (AvgIpc) is 3.17. The lowest BCUT2D eigenvalue weighted by Crippen LogP contribution is -2.19. The molecule has 23 heavy (non-hydrogen) atoms. The first kappa shape index (κ1) is 15.6. The molecule has 8 heteroatoms. The summed E-state index contributed by atoms with van der Waals surface area (Å²) in [6, 6.07) is 0.210. The van der Waals surface area contributed by atoms with Crippen molar-refractivity contribution in [2.24, 2.45) is 5.92 Å². The molecule has 0 saturated heterocycles. The second-order valence-electron chi connectivity index (χ2n) is 5.49. The third-order valence-electron chi connectivity index (χ3n) is 3.83. The molecule has 2 aromatic rings. The fraction of sp³-hybridized carbons (Fsp3) is 0.400. The average molecular weight is 333 g/mol. The Morgan fingerprint density at radius 1 is 1.39 bits per heavy atom. The summed E-state index contributed by atoms with van der Waals surface area (Å²) in [7, 11) is 0. The Kier molecular flexibility index (Phi) is 4.65. The Bertz CT molecular complexity index is 736. The number of anilines is 2. The molecule has 0 spiro atoms. The molecule has 2 atom stereocenters. The highest BCUT2D eigenvalue weighted by Gasteiger charge is 2.25. The van der Waals surface area contributed by atoms with E-state index in [2.05, 4.69) is 37.1 Å². The number of hydrogen-bond acceptors (Lipinski definition) is 6. The molecule has 120 valence electrons. The maximum Gasteiger partial charge on any atom is 0.223 e. The van der Waals surface area contributed by atoms with Crippen LogP contribution in [0.1, 0.15) is 30.7 Å². The zero-order chi connectivity index (χ0) is 16.2. The van der Waals surface area contributed by atoms with E-state index in [-0.39, 0.29) is 23.8 Å². The van der Waals surface area contributed by atoms with Gasteiger partial charge >= 0.3 is 0 Å². The van der Waals surface area contributed by atoms with Crippen LogP contribution in [0, 0.1) is 17.8 Å². The number of nitrogens with two attached hydrogens (primary N) is 1. The van der Waals surface area contributed by atoms with Crippen molar-refractivity contribution in [2.45, 2.75) is 25.3 Å². The van der Waals surface area contributed by atoms with Gasteiger partial charge in [-0.25, -0.2) is 4.98 Å². The van der Waals surface area contributed by atoms with Crippen LogP contribution in [0.4, 0.5) is 11.8 Å². The highest BCUT2D eigenvalue weighted by molar-refractivity contribution is 6.31. The van der Waals surface area contributed by atoms with Crippen LogP contribution in [-0.2, 0) is 0 Å². The number of aliphatic hydroxyl groups is 1. The van der Waals surface area contributed by atoms with Gasteiger partial charge in [-0.15, -0.1) is 0 Å². The van der Waals surface area contributed by atoms with E-state index in [9.17, 15) is 5.11 Å². The number of imidazole rings is 1. The summed E-state index contributed by atoms with van der Waals surface area (Å²) in [5, 5.41) is 12.8. The van der Waals surface area contributed by atoms with Gasteiger partial charge in [-0.3, -0.25) is 0 Å². The van der Waals surface area contributed by atoms with E-state index in [1.165, 1.54) is 0 Å². The summed E-state index contributed by atoms with van der Waals surface area (Å²) in [6.07, 6.45) is 6.13. The van der Waals surface area contributed by atoms with Crippen molar-refractivity contribution in [3.63, 3.8) is 0 Å². The van der Waals surface area contributed by atoms with Gasteiger partial charge in [0.15, 0.2) is 11.0 Å². The van der Waals surface area contributed by atoms with Crippen LogP contribution in [0.5, 0.6) is 0 Å². The molecular formula is C15H17ClN6O. The number of aromatic nitrogens is 4. The quantitative estimate of drug-likeness (QED) is 0.499. The number of nitrogens with one attached hydrogen (secondary N) is 2. The monoisotopic (exact) mass is 332 g/mol. The Balaban J connectivity index is 1.86. The van der Waals surface area contributed by atoms with Gasteiger partial charge in [-0.05, 0) is 31.1 Å². The maximum atomic E-state index is 9.26. The van der Waals surface area contributed by atoms with Gasteiger partial charge in [0.25, 0.3) is 0 Å². The number of rotatable bonds is 3. The molecule has 0 bridgehead atoms. The third-order valence-corrected chi connectivity index (χ3v) is 4.10. The van der Waals surface area contributed by atoms with Gasteiger partial charge in [-0.1, -0.05) is 17.5 Å². The fourth-order valence-corrected chi connectivity index (χ4v) is 2.91. The SMILES string of the molecule is Nc1nc(Cl)c(C#Cc2ncc[nH]2)c(N[C@H]2CC[C@@H](CO)C2)n1. The second kappa shape index (κ2) is 6.86. The van der Waals surface area contributed by atoms with Crippen LogP contribution in [0.3, 0.4) is 0 Å². The Labute approximate surface area is 138 Å². The first-order valence-electron chi connectivity index (χ1n) is 7.37. The van der Waals surface area contributed by atoms with Crippen molar-refractivity contribution in [3.8, 4) is 11.8 Å². The van der Waals surface area contributed by atoms with E-state index in [0.29, 0.717) is 23.1 Å². The van der Waals surface area contributed by atoms with E-state index in [1.807, 2.05) is 0 Å². The minimum Gasteiger partial charge on any atom is -0.396 e. The summed E-state index contributed by atoms with van der Waals surface area (Å²) in [4.78, 5) is 15.1. The molecule has 1 aliphatic rings. The number of nitrogens with zero attached hydrogens (tertiary/aromatic N) is 3. The summed E-state index contributed by atoms with van der Waals surface area (Å²) >= 11 is 6.17. The lowest BCUT2D eigenvalue weighted by atomic mass is 10.1. The number of H-pyrrole nitrogens is 1. The molecule has 2 aromatic heterocycles. The predicted octanol–water partition coefficient (Wildman–Crippen LogP) is 1.41. The molecule has 5 N–H and O–H groups in total.